The summed E-state index contributed by atoms with van der Waals surface area (Å²) < 4.78 is 10.8. The number of benzene rings is 1. The van der Waals surface area contributed by atoms with Crippen LogP contribution in [0.3, 0.4) is 0 Å². The van der Waals surface area contributed by atoms with Gasteiger partial charge in [0.15, 0.2) is 0 Å². The molecule has 0 unspecified atom stereocenters. The molecule has 0 aliphatic carbocycles. The first-order valence-corrected chi connectivity index (χ1v) is 9.06. The zero-order chi connectivity index (χ0) is 19.2. The topological polar surface area (TPSA) is 80.6 Å². The van der Waals surface area contributed by atoms with E-state index < -0.39 is 0 Å². The summed E-state index contributed by atoms with van der Waals surface area (Å²) >= 11 is 0. The molecule has 2 heterocycles. The van der Waals surface area contributed by atoms with Crippen LogP contribution in [0.1, 0.15) is 40.1 Å². The Bertz CT molecular complexity index is 834. The predicted molar refractivity (Wildman–Crippen MR) is 102 cm³/mol. The molecule has 6 nitrogen and oxygen atoms in total. The van der Waals surface area contributed by atoms with E-state index in [1.807, 2.05) is 19.9 Å². The molecule has 2 N–H and O–H groups in total. The van der Waals surface area contributed by atoms with E-state index in [4.69, 9.17) is 9.15 Å². The van der Waals surface area contributed by atoms with Crippen molar-refractivity contribution in [2.45, 2.75) is 32.8 Å². The Balaban J connectivity index is 1.73. The molecule has 1 aliphatic rings. The van der Waals surface area contributed by atoms with Gasteiger partial charge in [-0.3, -0.25) is 9.59 Å². The summed E-state index contributed by atoms with van der Waals surface area (Å²) in [7, 11) is 0. The van der Waals surface area contributed by atoms with Crippen molar-refractivity contribution in [1.82, 2.24) is 10.6 Å². The predicted octanol–water partition coefficient (Wildman–Crippen LogP) is 2.96. The second kappa shape index (κ2) is 8.68. The molecule has 0 bridgehead atoms. The van der Waals surface area contributed by atoms with Gasteiger partial charge < -0.3 is 19.8 Å². The van der Waals surface area contributed by atoms with Gasteiger partial charge in [-0.05, 0) is 62.1 Å². The lowest BCUT2D eigenvalue weighted by molar-refractivity contribution is -0.118. The lowest BCUT2D eigenvalue weighted by Gasteiger charge is -2.14. The van der Waals surface area contributed by atoms with Crippen molar-refractivity contribution in [3.8, 4) is 0 Å². The quantitative estimate of drug-likeness (QED) is 0.768. The zero-order valence-corrected chi connectivity index (χ0v) is 15.6. The molecule has 2 aromatic rings. The van der Waals surface area contributed by atoms with Crippen LogP contribution in [0.5, 0.6) is 0 Å². The number of amides is 2. The minimum atomic E-state index is -0.376. The van der Waals surface area contributed by atoms with Crippen molar-refractivity contribution in [1.29, 1.82) is 0 Å². The average molecular weight is 368 g/mol. The Labute approximate surface area is 158 Å². The molecule has 2 amide bonds. The fourth-order valence-corrected chi connectivity index (χ4v) is 2.86. The summed E-state index contributed by atoms with van der Waals surface area (Å²) in [4.78, 5) is 25.2. The van der Waals surface area contributed by atoms with E-state index in [0.29, 0.717) is 17.9 Å². The van der Waals surface area contributed by atoms with Crippen molar-refractivity contribution in [3.63, 3.8) is 0 Å². The number of ether oxygens (including phenoxy) is 1. The van der Waals surface area contributed by atoms with E-state index >= 15 is 0 Å². The maximum absolute atomic E-state index is 12.6. The lowest BCUT2D eigenvalue weighted by atomic mass is 10.1. The minimum Gasteiger partial charge on any atom is -0.465 e. The van der Waals surface area contributed by atoms with E-state index in [9.17, 15) is 9.59 Å². The van der Waals surface area contributed by atoms with Gasteiger partial charge in [-0.25, -0.2) is 0 Å². The third-order valence-electron chi connectivity index (χ3n) is 4.61. The normalized spacial score (nSPS) is 17.0. The van der Waals surface area contributed by atoms with Crippen molar-refractivity contribution < 1.29 is 18.7 Å². The molecule has 3 rings (SSSR count). The Hall–Kier alpha value is -2.86. The number of hydrogen-bond acceptors (Lipinski definition) is 4. The molecule has 1 aliphatic heterocycles. The van der Waals surface area contributed by atoms with Crippen molar-refractivity contribution in [2.24, 2.45) is 0 Å². The highest BCUT2D eigenvalue weighted by atomic mass is 16.5. The Morgan fingerprint density at radius 3 is 2.74 bits per heavy atom. The fourth-order valence-electron chi connectivity index (χ4n) is 2.86. The molecule has 1 fully saturated rings. The van der Waals surface area contributed by atoms with Gasteiger partial charge in [-0.15, -0.1) is 0 Å². The summed E-state index contributed by atoms with van der Waals surface area (Å²) in [5.41, 5.74) is 2.75. The Morgan fingerprint density at radius 1 is 1.22 bits per heavy atom. The summed E-state index contributed by atoms with van der Waals surface area (Å²) in [5.74, 6) is -0.236. The molecule has 0 radical (unpaired) electrons. The van der Waals surface area contributed by atoms with Crippen molar-refractivity contribution in [2.75, 3.05) is 13.2 Å². The first-order chi connectivity index (χ1) is 13.0. The van der Waals surface area contributed by atoms with Gasteiger partial charge >= 0.3 is 0 Å². The Morgan fingerprint density at radius 2 is 2.07 bits per heavy atom. The number of carbonyl (C=O) groups is 2. The molecule has 27 heavy (non-hydrogen) atoms. The van der Waals surface area contributed by atoms with Gasteiger partial charge in [0.2, 0.25) is 0 Å². The maximum atomic E-state index is 12.6. The standard InChI is InChI=1S/C21H24N2O4/c1-14-7-8-16(11-15(14)2)20(24)23-19(12-17-5-3-9-26-17)21(25)22-13-18-6-4-10-27-18/h3,5,7-9,11-12,18H,4,6,10,13H2,1-2H3,(H,22,25)(H,23,24)/t18-/m0/s1. The number of nitrogens with one attached hydrogen (secondary N) is 2. The van der Waals surface area contributed by atoms with Crippen LogP contribution in [-0.4, -0.2) is 31.1 Å². The number of furan rings is 1. The largest absolute Gasteiger partial charge is 0.465 e. The smallest absolute Gasteiger partial charge is 0.268 e. The van der Waals surface area contributed by atoms with Crippen molar-refractivity contribution in [3.05, 3.63) is 64.7 Å². The highest BCUT2D eigenvalue weighted by Gasteiger charge is 2.19. The molecule has 1 aromatic heterocycles. The molecular weight excluding hydrogens is 344 g/mol. The van der Waals surface area contributed by atoms with E-state index in [2.05, 4.69) is 10.6 Å². The van der Waals surface area contributed by atoms with Crippen LogP contribution in [0.4, 0.5) is 0 Å². The summed E-state index contributed by atoms with van der Waals surface area (Å²) in [6.45, 7) is 5.06. The fraction of sp³-hybridized carbons (Fsp3) is 0.333. The van der Waals surface area contributed by atoms with E-state index in [0.717, 1.165) is 30.6 Å². The summed E-state index contributed by atoms with van der Waals surface area (Å²) in [6.07, 6.45) is 4.98. The van der Waals surface area contributed by atoms with Gasteiger partial charge in [-0.1, -0.05) is 6.07 Å². The average Bonchev–Trinajstić information content (AvgIpc) is 3.35. The third kappa shape index (κ3) is 5.08. The first-order valence-electron chi connectivity index (χ1n) is 9.06. The van der Waals surface area contributed by atoms with E-state index in [-0.39, 0.29) is 23.6 Å². The monoisotopic (exact) mass is 368 g/mol. The van der Waals surface area contributed by atoms with Crippen LogP contribution >= 0.6 is 0 Å². The highest BCUT2D eigenvalue weighted by molar-refractivity contribution is 6.05. The van der Waals surface area contributed by atoms with Crippen molar-refractivity contribution >= 4 is 17.9 Å². The lowest BCUT2D eigenvalue weighted by Crippen LogP contribution is -2.38. The second-order valence-electron chi connectivity index (χ2n) is 6.67. The molecular formula is C21H24N2O4. The molecule has 6 heteroatoms. The van der Waals surface area contributed by atoms with Gasteiger partial charge in [0, 0.05) is 24.8 Å². The molecule has 0 spiro atoms. The SMILES string of the molecule is Cc1ccc(C(=O)NC(=Cc2ccco2)C(=O)NC[C@@H]2CCCO2)cc1C. The number of carbonyl (C=O) groups excluding carboxylic acids is 2. The molecule has 1 atom stereocenters. The van der Waals surface area contributed by atoms with Gasteiger partial charge in [0.25, 0.3) is 11.8 Å². The van der Waals surface area contributed by atoms with Crippen LogP contribution in [0, 0.1) is 13.8 Å². The summed E-state index contributed by atoms with van der Waals surface area (Å²) in [5, 5.41) is 5.53. The number of hydrogen-bond donors (Lipinski definition) is 2. The van der Waals surface area contributed by atoms with Crippen LogP contribution < -0.4 is 10.6 Å². The third-order valence-corrected chi connectivity index (χ3v) is 4.61. The minimum absolute atomic E-state index is 0.0225. The van der Waals surface area contributed by atoms with Gasteiger partial charge in [-0.2, -0.15) is 0 Å². The van der Waals surface area contributed by atoms with Gasteiger partial charge in [0.1, 0.15) is 11.5 Å². The van der Waals surface area contributed by atoms with E-state index in [1.54, 1.807) is 24.3 Å². The van der Waals surface area contributed by atoms with Crippen LogP contribution in [0.25, 0.3) is 6.08 Å². The van der Waals surface area contributed by atoms with Crippen LogP contribution in [0.15, 0.2) is 46.7 Å². The van der Waals surface area contributed by atoms with Crippen LogP contribution in [-0.2, 0) is 9.53 Å². The molecule has 0 saturated carbocycles. The summed E-state index contributed by atoms with van der Waals surface area (Å²) in [6, 6.07) is 8.87. The number of aryl methyl sites for hydroxylation is 2. The molecule has 1 aromatic carbocycles. The highest BCUT2D eigenvalue weighted by Crippen LogP contribution is 2.13. The Kier molecular flexibility index (Phi) is 6.08. The van der Waals surface area contributed by atoms with Crippen LogP contribution in [0.2, 0.25) is 0 Å². The second-order valence-corrected chi connectivity index (χ2v) is 6.67. The molecule has 1 saturated heterocycles. The van der Waals surface area contributed by atoms with Gasteiger partial charge in [0.05, 0.1) is 12.4 Å². The number of rotatable bonds is 6. The van der Waals surface area contributed by atoms with E-state index in [1.165, 1.54) is 12.3 Å². The first kappa shape index (κ1) is 18.9. The molecule has 142 valence electrons. The maximum Gasteiger partial charge on any atom is 0.268 e. The zero-order valence-electron chi connectivity index (χ0n) is 15.6.